The zero-order valence-electron chi connectivity index (χ0n) is 52.7. The lowest BCUT2D eigenvalue weighted by atomic mass is 9.93. The molecule has 3 aliphatic heterocycles. The van der Waals surface area contributed by atoms with Crippen LogP contribution in [0, 0.1) is 22.7 Å². The second-order valence-corrected chi connectivity index (χ2v) is 31.0. The normalized spacial score (nSPS) is 20.1. The lowest BCUT2D eigenvalue weighted by molar-refractivity contribution is 0.0130. The largest absolute Gasteiger partial charge is 0.477 e. The first kappa shape index (κ1) is 65.4. The maximum absolute atomic E-state index is 13.6. The minimum absolute atomic E-state index is 0.0359. The molecule has 90 heavy (non-hydrogen) atoms. The average Bonchev–Trinajstić information content (AvgIpc) is 1.57. The van der Waals surface area contributed by atoms with Gasteiger partial charge in [0.2, 0.25) is 11.8 Å². The molecule has 484 valence electrons. The topological polar surface area (TPSA) is 289 Å². The first-order chi connectivity index (χ1) is 42.4. The van der Waals surface area contributed by atoms with Gasteiger partial charge in [0.05, 0.1) is 34.1 Å². The second kappa shape index (κ2) is 26.0. The van der Waals surface area contributed by atoms with Crippen molar-refractivity contribution in [3.05, 3.63) is 102 Å². The van der Waals surface area contributed by atoms with E-state index in [1.807, 2.05) is 34.6 Å². The van der Waals surface area contributed by atoms with Gasteiger partial charge in [0, 0.05) is 86.3 Å². The van der Waals surface area contributed by atoms with E-state index in [0.717, 1.165) is 51.4 Å². The Morgan fingerprint density at radius 3 is 2.09 bits per heavy atom. The number of nitrogens with zero attached hydrogens (tertiary/aromatic N) is 10. The third kappa shape index (κ3) is 16.5. The van der Waals surface area contributed by atoms with Gasteiger partial charge in [-0.05, 0) is 185 Å². The molecule has 9 heterocycles. The summed E-state index contributed by atoms with van der Waals surface area (Å²) in [6.45, 7) is 22.2. The van der Waals surface area contributed by atoms with Gasteiger partial charge in [-0.15, -0.1) is 10.2 Å². The number of halogens is 1. The standard InChI is InChI=1S/C34H46ClN7O6S.C29H37N7O4S/c1-32(2,3)48-31(44)41-22-23(21-33(41,4)5)8-7-16-36-26-20-24(11-17-37-26)49(45,46)40-30(43)25-9-10-27(38-29(25)35)42-18-12-28(39-42)47-19-15-34(6)13-14-34;1-28(2)18-20-5-4-13-30-23-17-21(8-14-31-23)41(38,39)34-27(37)22-6-7-24(32-26(22)35(28)19-20)36-15-9-25(33-36)40-16-12-29(3)10-11-29/h9-12,17-18,20,23H,7-8,13-16,19,21-22H2,1-6H3,(H,36,37)(H,40,43);6-9,14-15,17,20H,4-5,10-13,16,18-19H2,1-3H3,(H,30,31)(H,34,37). The Labute approximate surface area is 532 Å². The number of ether oxygens (including phenoxy) is 3. The maximum Gasteiger partial charge on any atom is 0.410 e. The van der Waals surface area contributed by atoms with Crippen LogP contribution in [0.25, 0.3) is 11.6 Å². The molecule has 6 aromatic rings. The first-order valence-corrected chi connectivity index (χ1v) is 34.2. The molecule has 2 atom stereocenters. The van der Waals surface area contributed by atoms with Crippen molar-refractivity contribution >= 4 is 67.0 Å². The van der Waals surface area contributed by atoms with Gasteiger partial charge in [0.15, 0.2) is 11.6 Å². The summed E-state index contributed by atoms with van der Waals surface area (Å²) in [6.07, 6.45) is 18.1. The summed E-state index contributed by atoms with van der Waals surface area (Å²) in [5.74, 6) is 2.11. The Morgan fingerprint density at radius 1 is 0.800 bits per heavy atom. The van der Waals surface area contributed by atoms with Gasteiger partial charge in [-0.3, -0.25) is 9.59 Å². The minimum atomic E-state index is -4.25. The fraction of sp³-hybridized carbons (Fsp3) is 0.540. The van der Waals surface area contributed by atoms with Crippen molar-refractivity contribution in [2.45, 2.75) is 166 Å². The fourth-order valence-corrected chi connectivity index (χ4v) is 13.8. The smallest absolute Gasteiger partial charge is 0.410 e. The first-order valence-electron chi connectivity index (χ1n) is 30.8. The third-order valence-corrected chi connectivity index (χ3v) is 20.4. The van der Waals surface area contributed by atoms with Gasteiger partial charge in [0.25, 0.3) is 31.9 Å². The van der Waals surface area contributed by atoms with Crippen LogP contribution in [0.5, 0.6) is 11.8 Å². The zero-order chi connectivity index (χ0) is 64.4. The monoisotopic (exact) mass is 1290 g/mol. The number of aromatic nitrogens is 8. The number of amides is 3. The third-order valence-electron chi connectivity index (χ3n) is 17.4. The molecule has 24 nitrogen and oxygen atoms in total. The van der Waals surface area contributed by atoms with E-state index < -0.39 is 37.5 Å². The predicted molar refractivity (Wildman–Crippen MR) is 341 cm³/mol. The van der Waals surface area contributed by atoms with E-state index in [9.17, 15) is 31.2 Å². The molecule has 2 saturated carbocycles. The number of sulfonamides is 2. The van der Waals surface area contributed by atoms with E-state index in [-0.39, 0.29) is 43.2 Å². The van der Waals surface area contributed by atoms with Crippen molar-refractivity contribution in [3.63, 3.8) is 0 Å². The number of rotatable bonds is 18. The lowest BCUT2D eigenvalue weighted by Crippen LogP contribution is -2.45. The molecule has 2 saturated heterocycles. The Kier molecular flexibility index (Phi) is 18.9. The van der Waals surface area contributed by atoms with Crippen LogP contribution in [-0.2, 0) is 24.8 Å². The number of likely N-dealkylation sites (tertiary alicyclic amines) is 1. The number of nitrogens with one attached hydrogen (secondary N) is 4. The Balaban J connectivity index is 0.000000201. The number of pyridine rings is 4. The zero-order valence-corrected chi connectivity index (χ0v) is 55.1. The van der Waals surface area contributed by atoms with Crippen molar-refractivity contribution in [3.8, 4) is 23.4 Å². The summed E-state index contributed by atoms with van der Waals surface area (Å²) in [5.41, 5.74) is -0.295. The van der Waals surface area contributed by atoms with Crippen molar-refractivity contribution in [2.24, 2.45) is 22.7 Å². The van der Waals surface area contributed by atoms with E-state index in [2.05, 4.69) is 77.8 Å². The molecule has 5 aliphatic rings. The quantitative estimate of drug-likeness (QED) is 0.0459. The van der Waals surface area contributed by atoms with Crippen LogP contribution in [0.3, 0.4) is 0 Å². The molecular formula is C63H83ClN14O10S2. The van der Waals surface area contributed by atoms with Crippen LogP contribution in [0.1, 0.15) is 160 Å². The van der Waals surface area contributed by atoms with Crippen molar-refractivity contribution in [1.29, 1.82) is 0 Å². The highest BCUT2D eigenvalue weighted by molar-refractivity contribution is 7.90. The molecule has 4 fully saturated rings. The number of hydrogen-bond donors (Lipinski definition) is 4. The summed E-state index contributed by atoms with van der Waals surface area (Å²) >= 11 is 6.32. The van der Waals surface area contributed by atoms with Gasteiger partial charge in [-0.25, -0.2) is 60.4 Å². The van der Waals surface area contributed by atoms with E-state index >= 15 is 0 Å². The van der Waals surface area contributed by atoms with Crippen LogP contribution >= 0.6 is 11.6 Å². The summed E-state index contributed by atoms with van der Waals surface area (Å²) in [4.78, 5) is 60.7. The highest BCUT2D eigenvalue weighted by Crippen LogP contribution is 2.49. The van der Waals surface area contributed by atoms with Crippen LogP contribution in [-0.4, -0.2) is 135 Å². The molecule has 6 aromatic heterocycles. The Bertz CT molecular complexity index is 3840. The number of carbonyl (C=O) groups excluding carboxylic acids is 3. The summed E-state index contributed by atoms with van der Waals surface area (Å²) in [7, 11) is -8.40. The highest BCUT2D eigenvalue weighted by Gasteiger charge is 2.44. The number of fused-ring (bicyclic) bond motifs is 6. The van der Waals surface area contributed by atoms with E-state index in [1.165, 1.54) is 79.2 Å². The number of carbonyl (C=O) groups is 3. The molecular weight excluding hydrogens is 1210 g/mol. The molecule has 2 aliphatic carbocycles. The molecule has 0 spiro atoms. The Hall–Kier alpha value is -7.58. The summed E-state index contributed by atoms with van der Waals surface area (Å²) < 4.78 is 77.3. The van der Waals surface area contributed by atoms with Crippen LogP contribution < -0.4 is 34.5 Å². The van der Waals surface area contributed by atoms with Gasteiger partial charge in [-0.2, -0.15) is 0 Å². The molecule has 0 aromatic carbocycles. The lowest BCUT2D eigenvalue weighted by Gasteiger charge is -2.34. The van der Waals surface area contributed by atoms with E-state index in [0.29, 0.717) is 103 Å². The number of hydrogen-bond acceptors (Lipinski definition) is 19. The van der Waals surface area contributed by atoms with Gasteiger partial charge in [0.1, 0.15) is 28.2 Å². The van der Waals surface area contributed by atoms with Crippen molar-refractivity contribution < 1.29 is 45.4 Å². The SMILES string of the molecule is CC1(CCOc2ccn(-c3ccc(C(=O)NS(=O)(=O)c4ccnc(NCCCC5CN(C(=O)OC(C)(C)C)C(C)(C)C5)c4)c(Cl)n3)n2)CC1.CC1(CCOc2ccn(-c3ccc4c(n3)N3CC(CCCNc5cc(ccn5)S(=O)(=O)NC4=O)CC3(C)C)n2)CC1. The van der Waals surface area contributed by atoms with Crippen LogP contribution in [0.4, 0.5) is 22.2 Å². The maximum atomic E-state index is 13.6. The fourth-order valence-electron chi connectivity index (χ4n) is 11.6. The van der Waals surface area contributed by atoms with E-state index in [1.54, 1.807) is 46.2 Å². The summed E-state index contributed by atoms with van der Waals surface area (Å²) in [5, 5.41) is 15.1. The van der Waals surface area contributed by atoms with Crippen LogP contribution in [0.2, 0.25) is 5.15 Å². The molecule has 4 bridgehead atoms. The average molecular weight is 1300 g/mol. The van der Waals surface area contributed by atoms with Crippen molar-refractivity contribution in [1.82, 2.24) is 53.8 Å². The minimum Gasteiger partial charge on any atom is -0.477 e. The van der Waals surface area contributed by atoms with Gasteiger partial charge >= 0.3 is 6.09 Å². The summed E-state index contributed by atoms with van der Waals surface area (Å²) in [6, 6.07) is 15.2. The molecule has 27 heteroatoms. The highest BCUT2D eigenvalue weighted by atomic mass is 35.5. The Morgan fingerprint density at radius 2 is 1.44 bits per heavy atom. The number of anilines is 3. The molecule has 4 N–H and O–H groups in total. The van der Waals surface area contributed by atoms with Gasteiger partial charge in [-0.1, -0.05) is 25.4 Å². The molecule has 11 rings (SSSR count). The van der Waals surface area contributed by atoms with Crippen LogP contribution in [0.15, 0.2) is 95.2 Å². The molecule has 0 radical (unpaired) electrons. The second-order valence-electron chi connectivity index (χ2n) is 27.3. The predicted octanol–water partition coefficient (Wildman–Crippen LogP) is 10.4. The van der Waals surface area contributed by atoms with E-state index in [4.69, 9.17) is 30.8 Å². The van der Waals surface area contributed by atoms with Crippen molar-refractivity contribution in [2.75, 3.05) is 54.9 Å². The molecule has 3 amide bonds. The van der Waals surface area contributed by atoms with Gasteiger partial charge < -0.3 is 34.6 Å². The molecule has 2 unspecified atom stereocenters.